The number of piperidine rings is 1. The summed E-state index contributed by atoms with van der Waals surface area (Å²) in [5.41, 5.74) is -0.00952. The molecule has 6 heteroatoms. The van der Waals surface area contributed by atoms with Crippen molar-refractivity contribution in [1.82, 2.24) is 10.6 Å². The molecule has 20 heavy (non-hydrogen) atoms. The van der Waals surface area contributed by atoms with Crippen LogP contribution in [0.4, 0.5) is 10.5 Å². The Hall–Kier alpha value is -2.08. The highest BCUT2D eigenvalue weighted by Crippen LogP contribution is 2.27. The predicted octanol–water partition coefficient (Wildman–Crippen LogP) is 1.26. The minimum absolute atomic E-state index is 0.119. The Morgan fingerprint density at radius 2 is 2.05 bits per heavy atom. The monoisotopic (exact) mass is 277 g/mol. The van der Waals surface area contributed by atoms with Gasteiger partial charge in [0.25, 0.3) is 0 Å². The van der Waals surface area contributed by atoms with Crippen LogP contribution >= 0.6 is 0 Å². The highest BCUT2D eigenvalue weighted by Gasteiger charge is 2.40. The number of anilines is 1. The van der Waals surface area contributed by atoms with Gasteiger partial charge in [-0.2, -0.15) is 0 Å². The lowest BCUT2D eigenvalue weighted by molar-refractivity contribution is -0.126. The van der Waals surface area contributed by atoms with Gasteiger partial charge in [-0.25, -0.2) is 4.79 Å². The van der Waals surface area contributed by atoms with E-state index < -0.39 is 11.5 Å². The van der Waals surface area contributed by atoms with E-state index in [1.807, 2.05) is 30.3 Å². The van der Waals surface area contributed by atoms with Crippen LogP contribution in [0.15, 0.2) is 30.3 Å². The third-order valence-electron chi connectivity index (χ3n) is 3.56. The number of hydrogen-bond donors (Lipinski definition) is 4. The van der Waals surface area contributed by atoms with Gasteiger partial charge >= 0.3 is 6.09 Å². The first-order valence-electron chi connectivity index (χ1n) is 6.66. The van der Waals surface area contributed by atoms with Crippen LogP contribution in [-0.2, 0) is 4.79 Å². The largest absolute Gasteiger partial charge is 0.465 e. The Balaban J connectivity index is 2.09. The van der Waals surface area contributed by atoms with E-state index in [0.29, 0.717) is 13.0 Å². The summed E-state index contributed by atoms with van der Waals surface area (Å²) < 4.78 is 0. The van der Waals surface area contributed by atoms with E-state index >= 15 is 0 Å². The molecule has 1 aliphatic rings. The number of carbonyl (C=O) groups excluding carboxylic acids is 1. The Bertz CT molecular complexity index is 470. The lowest BCUT2D eigenvalue weighted by atomic mass is 9.79. The highest BCUT2D eigenvalue weighted by molar-refractivity contribution is 5.96. The van der Waals surface area contributed by atoms with Crippen LogP contribution in [0.3, 0.4) is 0 Å². The van der Waals surface area contributed by atoms with Crippen LogP contribution in [-0.4, -0.2) is 36.7 Å². The van der Waals surface area contributed by atoms with Gasteiger partial charge in [0.15, 0.2) is 0 Å². The second kappa shape index (κ2) is 6.38. The molecule has 0 spiro atoms. The zero-order chi connectivity index (χ0) is 14.4. The minimum atomic E-state index is -1.11. The molecule has 1 aromatic rings. The molecule has 6 nitrogen and oxygen atoms in total. The van der Waals surface area contributed by atoms with Crippen molar-refractivity contribution in [2.24, 2.45) is 5.41 Å². The van der Waals surface area contributed by atoms with Gasteiger partial charge in [0.2, 0.25) is 5.91 Å². The molecule has 2 amide bonds. The summed E-state index contributed by atoms with van der Waals surface area (Å²) in [5.74, 6) is -0.148. The topological polar surface area (TPSA) is 90.5 Å². The number of carboxylic acid groups (broad SMARTS) is 1. The fourth-order valence-electron chi connectivity index (χ4n) is 2.42. The molecule has 1 fully saturated rings. The normalized spacial score (nSPS) is 22.0. The quantitative estimate of drug-likeness (QED) is 0.667. The van der Waals surface area contributed by atoms with Gasteiger partial charge in [0.05, 0.1) is 5.41 Å². The molecule has 1 heterocycles. The average Bonchev–Trinajstić information content (AvgIpc) is 2.47. The molecule has 0 saturated carbocycles. The van der Waals surface area contributed by atoms with Gasteiger partial charge in [-0.05, 0) is 31.5 Å². The molecule has 1 aromatic carbocycles. The van der Waals surface area contributed by atoms with E-state index in [2.05, 4.69) is 16.0 Å². The average molecular weight is 277 g/mol. The summed E-state index contributed by atoms with van der Waals surface area (Å²) in [5, 5.41) is 17.1. The first-order valence-corrected chi connectivity index (χ1v) is 6.66. The molecule has 4 N–H and O–H groups in total. The molecule has 1 saturated heterocycles. The van der Waals surface area contributed by atoms with Crippen LogP contribution in [0.2, 0.25) is 0 Å². The summed E-state index contributed by atoms with van der Waals surface area (Å²) in [7, 11) is 0. The number of nitrogens with one attached hydrogen (secondary N) is 3. The zero-order valence-corrected chi connectivity index (χ0v) is 11.2. The van der Waals surface area contributed by atoms with E-state index in [4.69, 9.17) is 5.11 Å². The lowest BCUT2D eigenvalue weighted by Gasteiger charge is -2.36. The molecule has 0 radical (unpaired) electrons. The molecular formula is C14H19N3O3. The van der Waals surface area contributed by atoms with E-state index in [9.17, 15) is 9.59 Å². The first-order chi connectivity index (χ1) is 9.62. The van der Waals surface area contributed by atoms with Crippen molar-refractivity contribution in [3.63, 3.8) is 0 Å². The Labute approximate surface area is 117 Å². The van der Waals surface area contributed by atoms with E-state index in [0.717, 1.165) is 18.7 Å². The second-order valence-corrected chi connectivity index (χ2v) is 5.04. The van der Waals surface area contributed by atoms with Gasteiger partial charge in [0, 0.05) is 18.8 Å². The number of para-hydroxylation sites is 1. The molecular weight excluding hydrogens is 258 g/mol. The Kier molecular flexibility index (Phi) is 4.57. The van der Waals surface area contributed by atoms with E-state index in [1.54, 1.807) is 0 Å². The van der Waals surface area contributed by atoms with Gasteiger partial charge in [-0.3, -0.25) is 4.79 Å². The summed E-state index contributed by atoms with van der Waals surface area (Å²) in [6, 6.07) is 9.19. The highest BCUT2D eigenvalue weighted by atomic mass is 16.4. The first kappa shape index (κ1) is 14.3. The smallest absolute Gasteiger partial charge is 0.404 e. The Morgan fingerprint density at radius 1 is 1.30 bits per heavy atom. The maximum absolute atomic E-state index is 12.5. The summed E-state index contributed by atoms with van der Waals surface area (Å²) in [6.07, 6.45) is 0.407. The van der Waals surface area contributed by atoms with Gasteiger partial charge < -0.3 is 21.1 Å². The molecule has 0 aromatic heterocycles. The van der Waals surface area contributed by atoms with Crippen molar-refractivity contribution < 1.29 is 14.7 Å². The van der Waals surface area contributed by atoms with Gasteiger partial charge in [0.1, 0.15) is 0 Å². The van der Waals surface area contributed by atoms with Crippen molar-refractivity contribution in [2.75, 3.05) is 25.0 Å². The van der Waals surface area contributed by atoms with Crippen molar-refractivity contribution in [3.8, 4) is 0 Å². The SMILES string of the molecule is O=C(O)NCC1(C(=O)Nc2ccccc2)CCCNC1. The number of hydrogen-bond acceptors (Lipinski definition) is 3. The maximum Gasteiger partial charge on any atom is 0.404 e. The Morgan fingerprint density at radius 3 is 2.65 bits per heavy atom. The second-order valence-electron chi connectivity index (χ2n) is 5.04. The van der Waals surface area contributed by atoms with Crippen LogP contribution in [0.1, 0.15) is 12.8 Å². The minimum Gasteiger partial charge on any atom is -0.465 e. The third kappa shape index (κ3) is 3.48. The van der Waals surface area contributed by atoms with E-state index in [1.165, 1.54) is 0 Å². The number of benzene rings is 1. The molecule has 108 valence electrons. The summed E-state index contributed by atoms with van der Waals surface area (Å²) in [6.45, 7) is 1.45. The third-order valence-corrected chi connectivity index (χ3v) is 3.56. The van der Waals surface area contributed by atoms with E-state index in [-0.39, 0.29) is 12.5 Å². The summed E-state index contributed by atoms with van der Waals surface area (Å²) in [4.78, 5) is 23.2. The van der Waals surface area contributed by atoms with Crippen molar-refractivity contribution in [2.45, 2.75) is 12.8 Å². The van der Waals surface area contributed by atoms with Crippen molar-refractivity contribution in [3.05, 3.63) is 30.3 Å². The van der Waals surface area contributed by atoms with Crippen molar-refractivity contribution >= 4 is 17.7 Å². The maximum atomic E-state index is 12.5. The van der Waals surface area contributed by atoms with Crippen LogP contribution in [0.25, 0.3) is 0 Å². The molecule has 0 aliphatic carbocycles. The van der Waals surface area contributed by atoms with Gasteiger partial charge in [-0.1, -0.05) is 18.2 Å². The molecule has 1 atom stereocenters. The molecule has 2 rings (SSSR count). The fourth-order valence-corrected chi connectivity index (χ4v) is 2.42. The zero-order valence-electron chi connectivity index (χ0n) is 11.2. The lowest BCUT2D eigenvalue weighted by Crippen LogP contribution is -2.54. The number of carbonyl (C=O) groups is 2. The number of rotatable bonds is 4. The number of amides is 2. The molecule has 0 bridgehead atoms. The summed E-state index contributed by atoms with van der Waals surface area (Å²) >= 11 is 0. The van der Waals surface area contributed by atoms with Crippen LogP contribution in [0, 0.1) is 5.41 Å². The standard InChI is InChI=1S/C14H19N3O3/c18-12(17-11-5-2-1-3-6-11)14(10-16-13(19)20)7-4-8-15-9-14/h1-3,5-6,15-16H,4,7-10H2,(H,17,18)(H,19,20). The van der Waals surface area contributed by atoms with Crippen LogP contribution < -0.4 is 16.0 Å². The van der Waals surface area contributed by atoms with Gasteiger partial charge in [-0.15, -0.1) is 0 Å². The molecule has 1 aliphatic heterocycles. The van der Waals surface area contributed by atoms with Crippen LogP contribution in [0.5, 0.6) is 0 Å². The predicted molar refractivity (Wildman–Crippen MR) is 75.6 cm³/mol. The molecule has 1 unspecified atom stereocenters. The van der Waals surface area contributed by atoms with Crippen molar-refractivity contribution in [1.29, 1.82) is 0 Å². The fraction of sp³-hybridized carbons (Fsp3) is 0.429.